The fourth-order valence-corrected chi connectivity index (χ4v) is 5.47. The predicted molar refractivity (Wildman–Crippen MR) is 127 cm³/mol. The van der Waals surface area contributed by atoms with Crippen LogP contribution in [0.4, 0.5) is 22.0 Å². The number of fused-ring (bicyclic) bond motifs is 2. The van der Waals surface area contributed by atoms with E-state index in [1.54, 1.807) is 4.90 Å². The lowest BCUT2D eigenvalue weighted by Crippen LogP contribution is -2.37. The first-order chi connectivity index (χ1) is 16.0. The van der Waals surface area contributed by atoms with Gasteiger partial charge >= 0.3 is 6.09 Å². The minimum absolute atomic E-state index is 0.298. The highest BCUT2D eigenvalue weighted by Gasteiger charge is 2.34. The molecular formula is C23H31ClN6O3. The zero-order chi connectivity index (χ0) is 23.1. The third kappa shape index (κ3) is 4.01. The van der Waals surface area contributed by atoms with Gasteiger partial charge in [0.1, 0.15) is 0 Å². The summed E-state index contributed by atoms with van der Waals surface area (Å²) < 4.78 is 12.8. The lowest BCUT2D eigenvalue weighted by atomic mass is 10.0. The van der Waals surface area contributed by atoms with Gasteiger partial charge < -0.3 is 24.2 Å². The van der Waals surface area contributed by atoms with Crippen molar-refractivity contribution in [1.82, 2.24) is 19.7 Å². The second-order valence-corrected chi connectivity index (χ2v) is 9.45. The van der Waals surface area contributed by atoms with Crippen molar-refractivity contribution in [3.63, 3.8) is 0 Å². The molecule has 33 heavy (non-hydrogen) atoms. The smallest absolute Gasteiger partial charge is 0.409 e. The van der Waals surface area contributed by atoms with Crippen molar-refractivity contribution in [2.45, 2.75) is 44.7 Å². The van der Waals surface area contributed by atoms with Crippen molar-refractivity contribution < 1.29 is 14.3 Å². The van der Waals surface area contributed by atoms with Crippen LogP contribution in [0.25, 0.3) is 0 Å². The first-order valence-corrected chi connectivity index (χ1v) is 12.0. The average Bonchev–Trinajstić information content (AvgIpc) is 3.21. The third-order valence-electron chi connectivity index (χ3n) is 6.87. The molecule has 0 radical (unpaired) electrons. The molecule has 1 amide bonds. The van der Waals surface area contributed by atoms with E-state index in [0.717, 1.165) is 80.3 Å². The Morgan fingerprint density at radius 2 is 2.03 bits per heavy atom. The van der Waals surface area contributed by atoms with Crippen LogP contribution in [0.15, 0.2) is 6.07 Å². The minimum atomic E-state index is -0.298. The molecule has 5 rings (SSSR count). The van der Waals surface area contributed by atoms with Gasteiger partial charge in [-0.3, -0.25) is 4.68 Å². The van der Waals surface area contributed by atoms with E-state index >= 15 is 0 Å². The number of anilines is 3. The van der Waals surface area contributed by atoms with Gasteiger partial charge in [0, 0.05) is 58.1 Å². The number of hydrogen-bond acceptors (Lipinski definition) is 7. The summed E-state index contributed by atoms with van der Waals surface area (Å²) in [6, 6.07) is 2.43. The van der Waals surface area contributed by atoms with Crippen molar-refractivity contribution in [1.29, 1.82) is 0 Å². The van der Waals surface area contributed by atoms with Crippen molar-refractivity contribution in [2.75, 3.05) is 57.3 Å². The van der Waals surface area contributed by atoms with E-state index in [-0.39, 0.29) is 6.09 Å². The van der Waals surface area contributed by atoms with E-state index in [2.05, 4.69) is 15.6 Å². The lowest BCUT2D eigenvalue weighted by Gasteiger charge is -2.32. The molecule has 0 N–H and O–H groups in total. The molecule has 0 bridgehead atoms. The van der Waals surface area contributed by atoms with Crippen LogP contribution in [0.1, 0.15) is 42.3 Å². The summed E-state index contributed by atoms with van der Waals surface area (Å²) in [6.45, 7) is 3.48. The summed E-state index contributed by atoms with van der Waals surface area (Å²) in [5.41, 5.74) is 5.25. The van der Waals surface area contributed by atoms with Crippen molar-refractivity contribution in [3.8, 4) is 0 Å². The maximum absolute atomic E-state index is 12.3. The van der Waals surface area contributed by atoms with Gasteiger partial charge in [0.2, 0.25) is 0 Å². The highest BCUT2D eigenvalue weighted by atomic mass is 35.5. The predicted octanol–water partition coefficient (Wildman–Crippen LogP) is 3.56. The van der Waals surface area contributed by atoms with Gasteiger partial charge in [-0.1, -0.05) is 11.6 Å². The van der Waals surface area contributed by atoms with E-state index in [9.17, 15) is 4.79 Å². The quantitative estimate of drug-likeness (QED) is 0.629. The van der Waals surface area contributed by atoms with Crippen LogP contribution in [0.2, 0.25) is 5.15 Å². The maximum Gasteiger partial charge on any atom is 0.409 e. The van der Waals surface area contributed by atoms with Crippen molar-refractivity contribution >= 4 is 34.9 Å². The van der Waals surface area contributed by atoms with Gasteiger partial charge in [-0.2, -0.15) is 5.10 Å². The number of pyridine rings is 1. The van der Waals surface area contributed by atoms with Gasteiger partial charge in [0.05, 0.1) is 36.8 Å². The Morgan fingerprint density at radius 1 is 1.24 bits per heavy atom. The number of aryl methyl sites for hydroxylation is 1. The highest BCUT2D eigenvalue weighted by Crippen LogP contribution is 2.41. The second-order valence-electron chi connectivity index (χ2n) is 9.09. The molecule has 5 heterocycles. The Bertz CT molecular complexity index is 1050. The summed E-state index contributed by atoms with van der Waals surface area (Å²) in [4.78, 5) is 23.1. The third-order valence-corrected chi connectivity index (χ3v) is 7.15. The summed E-state index contributed by atoms with van der Waals surface area (Å²) in [6.07, 6.45) is 4.22. The Hall–Kier alpha value is -2.52. The molecule has 1 saturated heterocycles. The Morgan fingerprint density at radius 3 is 2.76 bits per heavy atom. The highest BCUT2D eigenvalue weighted by molar-refractivity contribution is 6.32. The van der Waals surface area contributed by atoms with E-state index < -0.39 is 0 Å². The SMILES string of the molecule is COC(=O)N1CCc2c(c(N3CCCc4nc(Cl)c(N(C)C)cc43)nn2C2CCOCC2)C1. The Labute approximate surface area is 199 Å². The number of hydrogen-bond donors (Lipinski definition) is 0. The van der Waals surface area contributed by atoms with Gasteiger partial charge in [-0.25, -0.2) is 9.78 Å². The number of carbonyl (C=O) groups excluding carboxylic acids is 1. The van der Waals surface area contributed by atoms with Gasteiger partial charge in [-0.05, 0) is 31.7 Å². The van der Waals surface area contributed by atoms with Crippen LogP contribution in [0.5, 0.6) is 0 Å². The molecule has 1 fully saturated rings. The molecule has 0 saturated carbocycles. The van der Waals surface area contributed by atoms with Crippen LogP contribution in [0, 0.1) is 0 Å². The number of carbonyl (C=O) groups is 1. The second kappa shape index (κ2) is 9.02. The molecule has 0 atom stereocenters. The van der Waals surface area contributed by atoms with Gasteiger partial charge in [-0.15, -0.1) is 0 Å². The molecular weight excluding hydrogens is 444 g/mol. The number of ether oxygens (including phenoxy) is 2. The topological polar surface area (TPSA) is 76.0 Å². The number of nitrogens with zero attached hydrogens (tertiary/aromatic N) is 6. The zero-order valence-electron chi connectivity index (χ0n) is 19.5. The summed E-state index contributed by atoms with van der Waals surface area (Å²) in [5, 5.41) is 5.71. The van der Waals surface area contributed by atoms with E-state index in [1.165, 1.54) is 12.8 Å². The molecule has 9 nitrogen and oxygen atoms in total. The molecule has 0 aromatic carbocycles. The summed E-state index contributed by atoms with van der Waals surface area (Å²) in [5.74, 6) is 0.917. The number of amides is 1. The van der Waals surface area contributed by atoms with Crippen LogP contribution in [-0.2, 0) is 28.9 Å². The van der Waals surface area contributed by atoms with Crippen LogP contribution in [0.3, 0.4) is 0 Å². The fourth-order valence-electron chi connectivity index (χ4n) is 5.14. The maximum atomic E-state index is 12.3. The molecule has 0 spiro atoms. The number of methoxy groups -OCH3 is 1. The number of aromatic nitrogens is 3. The van der Waals surface area contributed by atoms with Gasteiger partial charge in [0.25, 0.3) is 0 Å². The molecule has 10 heteroatoms. The molecule has 0 unspecified atom stereocenters. The van der Waals surface area contributed by atoms with Gasteiger partial charge in [0.15, 0.2) is 11.0 Å². The van der Waals surface area contributed by atoms with E-state index in [1.807, 2.05) is 19.0 Å². The van der Waals surface area contributed by atoms with Crippen LogP contribution < -0.4 is 9.80 Å². The summed E-state index contributed by atoms with van der Waals surface area (Å²) >= 11 is 6.48. The zero-order valence-corrected chi connectivity index (χ0v) is 20.3. The molecule has 2 aromatic rings. The lowest BCUT2D eigenvalue weighted by molar-refractivity contribution is 0.0649. The number of halogens is 1. The standard InChI is InChI=1S/C23H31ClN6O3/c1-27(2)20-13-19-17(25-21(20)24)5-4-9-29(19)22-16-14-28(23(31)32-3)10-6-18(16)30(26-22)15-7-11-33-12-8-15/h13,15H,4-12,14H2,1-3H3. The van der Waals surface area contributed by atoms with Crippen molar-refractivity contribution in [2.24, 2.45) is 0 Å². The molecule has 3 aliphatic rings. The monoisotopic (exact) mass is 474 g/mol. The fraction of sp³-hybridized carbons (Fsp3) is 0.609. The minimum Gasteiger partial charge on any atom is -0.453 e. The van der Waals surface area contributed by atoms with Crippen molar-refractivity contribution in [3.05, 3.63) is 28.2 Å². The van der Waals surface area contributed by atoms with E-state index in [4.69, 9.17) is 31.2 Å². The van der Waals surface area contributed by atoms with E-state index in [0.29, 0.717) is 24.3 Å². The molecule has 178 valence electrons. The number of rotatable bonds is 3. The first-order valence-electron chi connectivity index (χ1n) is 11.6. The molecule has 0 aliphatic carbocycles. The normalized spacial score (nSPS) is 18.7. The van der Waals surface area contributed by atoms with Crippen LogP contribution >= 0.6 is 11.6 Å². The Balaban J connectivity index is 1.61. The average molecular weight is 475 g/mol. The first kappa shape index (κ1) is 22.3. The largest absolute Gasteiger partial charge is 0.453 e. The summed E-state index contributed by atoms with van der Waals surface area (Å²) in [7, 11) is 5.38. The van der Waals surface area contributed by atoms with Crippen LogP contribution in [-0.4, -0.2) is 73.3 Å². The molecule has 2 aromatic heterocycles. The molecule has 3 aliphatic heterocycles. The Kier molecular flexibility index (Phi) is 6.09.